The first kappa shape index (κ1) is 21.5. The molecule has 3 aromatic rings. The van der Waals surface area contributed by atoms with Crippen molar-refractivity contribution < 1.29 is 23.7 Å². The lowest BCUT2D eigenvalue weighted by molar-refractivity contribution is 0.0595. The van der Waals surface area contributed by atoms with E-state index in [0.29, 0.717) is 46.1 Å². The van der Waals surface area contributed by atoms with Gasteiger partial charge in [0, 0.05) is 31.5 Å². The molecule has 1 aliphatic heterocycles. The standard InChI is InChI=1S/C22H23ClN2O5S/c1-27-16-11-13(12-17(28-2)20(16)29-3)21(26)25-9-7-14(8-10-25)30-22-24-19-15(23)5-4-6-18(19)31-22/h4-6,11-12,14H,7-10H2,1-3H3. The van der Waals surface area contributed by atoms with E-state index in [9.17, 15) is 4.79 Å². The summed E-state index contributed by atoms with van der Waals surface area (Å²) in [6.07, 6.45) is 1.45. The van der Waals surface area contributed by atoms with Crippen LogP contribution in [0.3, 0.4) is 0 Å². The predicted molar refractivity (Wildman–Crippen MR) is 120 cm³/mol. The summed E-state index contributed by atoms with van der Waals surface area (Å²) in [5, 5.41) is 1.23. The lowest BCUT2D eigenvalue weighted by atomic mass is 10.1. The topological polar surface area (TPSA) is 70.1 Å². The van der Waals surface area contributed by atoms with Crippen LogP contribution in [0.15, 0.2) is 30.3 Å². The quantitative estimate of drug-likeness (QED) is 0.530. The number of piperidine rings is 1. The Balaban J connectivity index is 1.42. The molecule has 31 heavy (non-hydrogen) atoms. The molecular weight excluding hydrogens is 440 g/mol. The highest BCUT2D eigenvalue weighted by atomic mass is 35.5. The second kappa shape index (κ2) is 9.20. The number of benzene rings is 2. The molecule has 0 atom stereocenters. The fourth-order valence-corrected chi connectivity index (χ4v) is 4.83. The van der Waals surface area contributed by atoms with Crippen LogP contribution in [0.1, 0.15) is 23.2 Å². The summed E-state index contributed by atoms with van der Waals surface area (Å²) in [4.78, 5) is 19.4. The Morgan fingerprint density at radius 2 is 1.77 bits per heavy atom. The number of ether oxygens (including phenoxy) is 4. The van der Waals surface area contributed by atoms with Crippen LogP contribution >= 0.6 is 22.9 Å². The molecular formula is C22H23ClN2O5S. The highest BCUT2D eigenvalue weighted by molar-refractivity contribution is 7.20. The zero-order valence-corrected chi connectivity index (χ0v) is 19.1. The Bertz CT molecular complexity index is 1070. The first-order valence-electron chi connectivity index (χ1n) is 9.85. The van der Waals surface area contributed by atoms with Gasteiger partial charge in [0.05, 0.1) is 31.1 Å². The molecule has 4 rings (SSSR count). The number of para-hydroxylation sites is 1. The number of likely N-dealkylation sites (tertiary alicyclic amines) is 1. The molecule has 1 fully saturated rings. The maximum absolute atomic E-state index is 13.1. The molecule has 1 aromatic heterocycles. The predicted octanol–water partition coefficient (Wildman–Crippen LogP) is 4.66. The van der Waals surface area contributed by atoms with Crippen molar-refractivity contribution in [2.45, 2.75) is 18.9 Å². The third kappa shape index (κ3) is 4.36. The van der Waals surface area contributed by atoms with Crippen LogP contribution in [0, 0.1) is 0 Å². The molecule has 0 spiro atoms. The van der Waals surface area contributed by atoms with Crippen molar-refractivity contribution in [3.05, 3.63) is 40.9 Å². The smallest absolute Gasteiger partial charge is 0.274 e. The van der Waals surface area contributed by atoms with Crippen LogP contribution in [0.25, 0.3) is 10.2 Å². The fraction of sp³-hybridized carbons (Fsp3) is 0.364. The average Bonchev–Trinajstić information content (AvgIpc) is 3.22. The van der Waals surface area contributed by atoms with Crippen LogP contribution in [-0.2, 0) is 0 Å². The van der Waals surface area contributed by atoms with Crippen molar-refractivity contribution >= 4 is 39.1 Å². The second-order valence-corrected chi connectivity index (χ2v) is 8.49. The summed E-state index contributed by atoms with van der Waals surface area (Å²) in [7, 11) is 4.60. The first-order valence-corrected chi connectivity index (χ1v) is 11.0. The van der Waals surface area contributed by atoms with E-state index in [1.54, 1.807) is 12.1 Å². The lowest BCUT2D eigenvalue weighted by Crippen LogP contribution is -2.41. The number of rotatable bonds is 6. The van der Waals surface area contributed by atoms with E-state index in [1.165, 1.54) is 32.7 Å². The van der Waals surface area contributed by atoms with Crippen molar-refractivity contribution in [2.75, 3.05) is 34.4 Å². The highest BCUT2D eigenvalue weighted by Gasteiger charge is 2.27. The monoisotopic (exact) mass is 462 g/mol. The molecule has 0 bridgehead atoms. The van der Waals surface area contributed by atoms with Crippen molar-refractivity contribution in [3.8, 4) is 22.4 Å². The number of fused-ring (bicyclic) bond motifs is 1. The van der Waals surface area contributed by atoms with Crippen molar-refractivity contribution in [3.63, 3.8) is 0 Å². The summed E-state index contributed by atoms with van der Waals surface area (Å²) in [5.74, 6) is 1.30. The van der Waals surface area contributed by atoms with Gasteiger partial charge in [0.15, 0.2) is 11.5 Å². The van der Waals surface area contributed by atoms with E-state index >= 15 is 0 Å². The number of thiazole rings is 1. The maximum atomic E-state index is 13.1. The van der Waals surface area contributed by atoms with E-state index in [-0.39, 0.29) is 12.0 Å². The number of hydrogen-bond donors (Lipinski definition) is 0. The van der Waals surface area contributed by atoms with Gasteiger partial charge in [0.25, 0.3) is 11.1 Å². The van der Waals surface area contributed by atoms with Gasteiger partial charge < -0.3 is 23.8 Å². The second-order valence-electron chi connectivity index (χ2n) is 7.09. The van der Waals surface area contributed by atoms with Crippen LogP contribution in [0.5, 0.6) is 22.4 Å². The van der Waals surface area contributed by atoms with Crippen LogP contribution < -0.4 is 18.9 Å². The van der Waals surface area contributed by atoms with E-state index in [2.05, 4.69) is 4.98 Å². The summed E-state index contributed by atoms with van der Waals surface area (Å²) < 4.78 is 23.1. The summed E-state index contributed by atoms with van der Waals surface area (Å²) in [6, 6.07) is 9.05. The largest absolute Gasteiger partial charge is 0.493 e. The Kier molecular flexibility index (Phi) is 6.38. The SMILES string of the molecule is COc1cc(C(=O)N2CCC(Oc3nc4c(Cl)cccc4s3)CC2)cc(OC)c1OC. The zero-order chi connectivity index (χ0) is 22.0. The fourth-order valence-electron chi connectivity index (χ4n) is 3.65. The van der Waals surface area contributed by atoms with Gasteiger partial charge in [0.2, 0.25) is 5.75 Å². The molecule has 7 nitrogen and oxygen atoms in total. The van der Waals surface area contributed by atoms with Gasteiger partial charge >= 0.3 is 0 Å². The molecule has 9 heteroatoms. The molecule has 0 aliphatic carbocycles. The normalized spacial score (nSPS) is 14.5. The van der Waals surface area contributed by atoms with Gasteiger partial charge in [-0.3, -0.25) is 4.79 Å². The van der Waals surface area contributed by atoms with Crippen LogP contribution in [0.4, 0.5) is 0 Å². The van der Waals surface area contributed by atoms with Crippen LogP contribution in [0.2, 0.25) is 5.02 Å². The Morgan fingerprint density at radius 1 is 1.10 bits per heavy atom. The number of carbonyl (C=O) groups is 1. The van der Waals surface area contributed by atoms with E-state index in [4.69, 9.17) is 30.5 Å². The zero-order valence-electron chi connectivity index (χ0n) is 17.5. The number of nitrogens with zero attached hydrogens (tertiary/aromatic N) is 2. The molecule has 1 aliphatic rings. The Morgan fingerprint density at radius 3 is 2.35 bits per heavy atom. The lowest BCUT2D eigenvalue weighted by Gasteiger charge is -2.31. The summed E-state index contributed by atoms with van der Waals surface area (Å²) >= 11 is 7.69. The number of amides is 1. The van der Waals surface area contributed by atoms with E-state index in [0.717, 1.165) is 23.1 Å². The van der Waals surface area contributed by atoms with Gasteiger partial charge in [-0.2, -0.15) is 0 Å². The molecule has 0 radical (unpaired) electrons. The van der Waals surface area contributed by atoms with Crippen LogP contribution in [-0.4, -0.2) is 56.3 Å². The molecule has 1 amide bonds. The molecule has 1 saturated heterocycles. The van der Waals surface area contributed by atoms with Crippen molar-refractivity contribution in [2.24, 2.45) is 0 Å². The molecule has 0 unspecified atom stereocenters. The van der Waals surface area contributed by atoms with Gasteiger partial charge in [0.1, 0.15) is 11.6 Å². The third-order valence-corrected chi connectivity index (χ3v) is 6.47. The summed E-state index contributed by atoms with van der Waals surface area (Å²) in [5.41, 5.74) is 1.26. The third-order valence-electron chi connectivity index (χ3n) is 5.26. The van der Waals surface area contributed by atoms with E-state index in [1.807, 2.05) is 23.1 Å². The average molecular weight is 463 g/mol. The minimum absolute atomic E-state index is 0.00308. The number of carbonyl (C=O) groups excluding carboxylic acids is 1. The van der Waals surface area contributed by atoms with Gasteiger partial charge in [-0.15, -0.1) is 0 Å². The molecule has 0 N–H and O–H groups in total. The van der Waals surface area contributed by atoms with Crippen molar-refractivity contribution in [1.29, 1.82) is 0 Å². The molecule has 0 saturated carbocycles. The summed E-state index contributed by atoms with van der Waals surface area (Å²) in [6.45, 7) is 1.18. The first-order chi connectivity index (χ1) is 15.0. The number of methoxy groups -OCH3 is 3. The molecule has 2 heterocycles. The van der Waals surface area contributed by atoms with Gasteiger partial charge in [-0.05, 0) is 24.3 Å². The number of hydrogen-bond acceptors (Lipinski definition) is 7. The van der Waals surface area contributed by atoms with Gasteiger partial charge in [-0.1, -0.05) is 29.0 Å². The Hall–Kier alpha value is -2.71. The minimum Gasteiger partial charge on any atom is -0.493 e. The maximum Gasteiger partial charge on any atom is 0.274 e. The molecule has 2 aromatic carbocycles. The highest BCUT2D eigenvalue weighted by Crippen LogP contribution is 2.39. The van der Waals surface area contributed by atoms with Crippen molar-refractivity contribution in [1.82, 2.24) is 9.88 Å². The molecule has 164 valence electrons. The van der Waals surface area contributed by atoms with Gasteiger partial charge in [-0.25, -0.2) is 4.98 Å². The minimum atomic E-state index is -0.0792. The number of aromatic nitrogens is 1. The van der Waals surface area contributed by atoms with E-state index < -0.39 is 0 Å². The Labute approximate surface area is 189 Å². The number of halogens is 1.